The van der Waals surface area contributed by atoms with Crippen LogP contribution in [0.2, 0.25) is 0 Å². The molecule has 0 aliphatic rings. The van der Waals surface area contributed by atoms with Crippen LogP contribution in [-0.4, -0.2) is 4.98 Å². The molecular weight excluding hydrogens is 148 g/mol. The number of rotatable bonds is 2. The zero-order valence-electron chi connectivity index (χ0n) is 5.28. The van der Waals surface area contributed by atoms with E-state index < -0.39 is 0 Å². The topological polar surface area (TPSA) is 56.0 Å². The van der Waals surface area contributed by atoms with Crippen LogP contribution in [0.4, 0.5) is 5.69 Å². The molecule has 10 heavy (non-hydrogen) atoms. The summed E-state index contributed by atoms with van der Waals surface area (Å²) in [5.41, 5.74) is 6.77. The maximum Gasteiger partial charge on any atom is 0.465 e. The molecule has 4 heteroatoms. The Morgan fingerprint density at radius 2 is 2.40 bits per heavy atom. The van der Waals surface area contributed by atoms with Gasteiger partial charge in [-0.2, -0.15) is 0 Å². The van der Waals surface area contributed by atoms with E-state index >= 15 is 0 Å². The van der Waals surface area contributed by atoms with E-state index in [1.807, 2.05) is 0 Å². The average Bonchev–Trinajstić information content (AvgIpc) is 1.95. The lowest BCUT2D eigenvalue weighted by Crippen LogP contribution is -1.90. The Kier molecular flexibility index (Phi) is 2.28. The lowest BCUT2D eigenvalue weighted by atomic mass is 10.3. The highest BCUT2D eigenvalue weighted by Crippen LogP contribution is 2.00. The van der Waals surface area contributed by atoms with Crippen molar-refractivity contribution < 1.29 is 4.21 Å². The van der Waals surface area contributed by atoms with Gasteiger partial charge in [0.05, 0.1) is 11.9 Å². The second-order valence-corrected chi connectivity index (χ2v) is 2.37. The lowest BCUT2D eigenvalue weighted by molar-refractivity contribution is 0.604. The monoisotopic (exact) mass is 155 g/mol. The zero-order chi connectivity index (χ0) is 7.40. The first kappa shape index (κ1) is 7.08. The van der Waals surface area contributed by atoms with Crippen LogP contribution in [0, 0.1) is 0 Å². The summed E-state index contributed by atoms with van der Waals surface area (Å²) in [6.07, 6.45) is 1.55. The first-order chi connectivity index (χ1) is 4.83. The summed E-state index contributed by atoms with van der Waals surface area (Å²) in [5, 5.41) is 0. The van der Waals surface area contributed by atoms with Crippen molar-refractivity contribution in [2.24, 2.45) is 0 Å². The molecule has 0 spiro atoms. The predicted octanol–water partition coefficient (Wildman–Crippen LogP) is 0.592. The number of nitrogens with two attached hydrogens (primary N) is 1. The molecule has 0 fully saturated rings. The summed E-state index contributed by atoms with van der Waals surface area (Å²) in [5.74, 6) is 0.403. The fourth-order valence-corrected chi connectivity index (χ4v) is 0.873. The molecule has 0 saturated carbocycles. The molecule has 0 aliphatic heterocycles. The summed E-state index contributed by atoms with van der Waals surface area (Å²) in [6.45, 7) is 0. The van der Waals surface area contributed by atoms with Crippen LogP contribution in [0.5, 0.6) is 0 Å². The van der Waals surface area contributed by atoms with Gasteiger partial charge in [-0.3, -0.25) is 4.98 Å². The van der Waals surface area contributed by atoms with Crippen LogP contribution >= 0.6 is 0 Å². The minimum Gasteiger partial charge on any atom is -0.397 e. The fourth-order valence-electron chi connectivity index (χ4n) is 0.582. The first-order valence-corrected chi connectivity index (χ1v) is 3.69. The zero-order valence-corrected chi connectivity index (χ0v) is 6.10. The maximum atomic E-state index is 10.0. The van der Waals surface area contributed by atoms with Gasteiger partial charge < -0.3 is 5.73 Å². The van der Waals surface area contributed by atoms with Crippen molar-refractivity contribution in [1.29, 1.82) is 0 Å². The number of pyridine rings is 1. The lowest BCUT2D eigenvalue weighted by Gasteiger charge is -1.89. The molecule has 1 aromatic heterocycles. The van der Waals surface area contributed by atoms with Crippen molar-refractivity contribution in [2.45, 2.75) is 5.75 Å². The van der Waals surface area contributed by atoms with Gasteiger partial charge in [0.1, 0.15) is 5.69 Å². The van der Waals surface area contributed by atoms with E-state index in [4.69, 9.17) is 5.73 Å². The largest absolute Gasteiger partial charge is 0.465 e. The molecule has 1 rings (SSSR count). The Morgan fingerprint density at radius 3 is 2.90 bits per heavy atom. The Bertz CT molecular complexity index is 222. The number of aromatic nitrogens is 1. The van der Waals surface area contributed by atoms with E-state index in [2.05, 4.69) is 4.98 Å². The molecule has 0 aliphatic carbocycles. The third-order valence-electron chi connectivity index (χ3n) is 1.05. The van der Waals surface area contributed by atoms with Crippen molar-refractivity contribution in [3.63, 3.8) is 0 Å². The minimum absolute atomic E-state index is 0.403. The van der Waals surface area contributed by atoms with E-state index in [1.54, 1.807) is 18.3 Å². The Hall–Kier alpha value is -1.03. The van der Waals surface area contributed by atoms with Crippen LogP contribution in [0.3, 0.4) is 0 Å². The number of nitrogen functional groups attached to an aromatic ring is 1. The van der Waals surface area contributed by atoms with Gasteiger partial charge in [0, 0.05) is 4.21 Å². The van der Waals surface area contributed by atoms with Gasteiger partial charge in [0.15, 0.2) is 0 Å². The summed E-state index contributed by atoms with van der Waals surface area (Å²) in [4.78, 5) is 3.92. The summed E-state index contributed by atoms with van der Waals surface area (Å²) < 4.78 is 10.0. The predicted molar refractivity (Wildman–Crippen MR) is 40.4 cm³/mol. The third-order valence-corrected chi connectivity index (χ3v) is 1.47. The second kappa shape index (κ2) is 3.22. The highest BCUT2D eigenvalue weighted by atomic mass is 32.1. The molecule has 0 atom stereocenters. The molecule has 0 amide bonds. The first-order valence-electron chi connectivity index (χ1n) is 2.78. The summed E-state index contributed by atoms with van der Waals surface area (Å²) in [7, 11) is 0. The Labute approximate surface area is 62.8 Å². The minimum atomic E-state index is 0.403. The van der Waals surface area contributed by atoms with E-state index in [1.165, 1.54) is 0 Å². The van der Waals surface area contributed by atoms with Crippen LogP contribution in [0.15, 0.2) is 18.3 Å². The number of nitrogens with zero attached hydrogens (tertiary/aromatic N) is 1. The second-order valence-electron chi connectivity index (χ2n) is 1.85. The van der Waals surface area contributed by atoms with Crippen molar-refractivity contribution in [3.05, 3.63) is 24.0 Å². The molecule has 52 valence electrons. The highest BCUT2D eigenvalue weighted by Gasteiger charge is 2.01. The molecule has 0 bridgehead atoms. The quantitative estimate of drug-likeness (QED) is 0.636. The van der Waals surface area contributed by atoms with E-state index in [0.717, 1.165) is 5.69 Å². The molecule has 2 N–H and O–H groups in total. The van der Waals surface area contributed by atoms with E-state index in [9.17, 15) is 4.21 Å². The van der Waals surface area contributed by atoms with Gasteiger partial charge in [-0.15, -0.1) is 0 Å². The summed E-state index contributed by atoms with van der Waals surface area (Å²) >= 11 is 0.507. The van der Waals surface area contributed by atoms with E-state index in [0.29, 0.717) is 23.1 Å². The van der Waals surface area contributed by atoms with Gasteiger partial charge in [-0.1, -0.05) is 0 Å². The molecule has 0 unspecified atom stereocenters. The molecule has 3 nitrogen and oxygen atoms in total. The van der Waals surface area contributed by atoms with Crippen molar-refractivity contribution in [2.75, 3.05) is 5.73 Å². The van der Waals surface area contributed by atoms with Gasteiger partial charge in [-0.05, 0) is 12.1 Å². The fraction of sp³-hybridized carbons (Fsp3) is 0.167. The SMILES string of the molecule is Nc1ccc(C[S+]=O)nc1. The van der Waals surface area contributed by atoms with Crippen LogP contribution in [-0.2, 0) is 21.6 Å². The Morgan fingerprint density at radius 1 is 1.60 bits per heavy atom. The van der Waals surface area contributed by atoms with Gasteiger partial charge >= 0.3 is 11.7 Å². The van der Waals surface area contributed by atoms with Crippen molar-refractivity contribution >= 4 is 17.4 Å². The van der Waals surface area contributed by atoms with Crippen LogP contribution in [0.1, 0.15) is 5.69 Å². The van der Waals surface area contributed by atoms with Crippen LogP contribution < -0.4 is 5.73 Å². The maximum absolute atomic E-state index is 10.0. The van der Waals surface area contributed by atoms with Gasteiger partial charge in [-0.25, -0.2) is 0 Å². The molecule has 1 aromatic rings. The number of hydrogen-bond acceptors (Lipinski definition) is 3. The highest BCUT2D eigenvalue weighted by molar-refractivity contribution is 7.64. The van der Waals surface area contributed by atoms with Crippen molar-refractivity contribution in [3.8, 4) is 0 Å². The smallest absolute Gasteiger partial charge is 0.397 e. The normalized spacial score (nSPS) is 9.20. The van der Waals surface area contributed by atoms with Gasteiger partial charge in [0.25, 0.3) is 5.75 Å². The van der Waals surface area contributed by atoms with E-state index in [-0.39, 0.29) is 0 Å². The molecule has 1 heterocycles. The van der Waals surface area contributed by atoms with Gasteiger partial charge in [0.2, 0.25) is 0 Å². The molecule has 0 radical (unpaired) electrons. The Balaban J connectivity index is 2.78. The molecular formula is C6H7N2OS+. The standard InChI is InChI=1S/C6H7N2OS/c7-5-1-2-6(4-10-9)8-3-5/h1-3H,4,7H2/q+1. The van der Waals surface area contributed by atoms with Crippen LogP contribution in [0.25, 0.3) is 0 Å². The number of hydrogen-bond donors (Lipinski definition) is 1. The molecule has 0 saturated heterocycles. The van der Waals surface area contributed by atoms with Crippen molar-refractivity contribution in [1.82, 2.24) is 4.98 Å². The number of anilines is 1. The molecule has 0 aromatic carbocycles. The summed E-state index contributed by atoms with van der Waals surface area (Å²) in [6, 6.07) is 3.48. The average molecular weight is 155 g/mol. The third kappa shape index (κ3) is 1.73.